The van der Waals surface area contributed by atoms with E-state index in [9.17, 15) is 23.8 Å². The summed E-state index contributed by atoms with van der Waals surface area (Å²) in [5, 5.41) is 39.5. The van der Waals surface area contributed by atoms with Crippen molar-refractivity contribution in [3.8, 4) is 22.9 Å². The van der Waals surface area contributed by atoms with E-state index in [1.54, 1.807) is 30.3 Å². The Kier molecular flexibility index (Phi) is 8.15. The van der Waals surface area contributed by atoms with Crippen LogP contribution < -0.4 is 5.32 Å². The molecule has 0 aliphatic heterocycles. The summed E-state index contributed by atoms with van der Waals surface area (Å²) >= 11 is 0. The van der Waals surface area contributed by atoms with Crippen molar-refractivity contribution in [3.05, 3.63) is 66.1 Å². The lowest BCUT2D eigenvalue weighted by molar-refractivity contribution is -0.139. The van der Waals surface area contributed by atoms with E-state index in [2.05, 4.69) is 25.5 Å². The molecule has 194 valence electrons. The Bertz CT molecular complexity index is 1350. The predicted octanol–water partition coefficient (Wildman–Crippen LogP) is 2.71. The van der Waals surface area contributed by atoms with E-state index in [1.807, 2.05) is 0 Å². The van der Waals surface area contributed by atoms with E-state index in [0.717, 1.165) is 6.20 Å². The van der Waals surface area contributed by atoms with Crippen molar-refractivity contribution in [2.45, 2.75) is 38.0 Å². The van der Waals surface area contributed by atoms with Crippen LogP contribution in [0.3, 0.4) is 0 Å². The summed E-state index contributed by atoms with van der Waals surface area (Å²) in [7, 11) is 0. The van der Waals surface area contributed by atoms with Crippen LogP contribution in [0.25, 0.3) is 22.9 Å². The molecule has 0 fully saturated rings. The monoisotopic (exact) mass is 514 g/mol. The van der Waals surface area contributed by atoms with E-state index >= 15 is 0 Å². The lowest BCUT2D eigenvalue weighted by atomic mass is 10.1. The van der Waals surface area contributed by atoms with Crippen LogP contribution in [0.2, 0.25) is 0 Å². The molecule has 0 saturated carbocycles. The fourth-order valence-electron chi connectivity index (χ4n) is 3.67. The molecule has 0 bridgehead atoms. The van der Waals surface area contributed by atoms with Crippen LogP contribution in [0.15, 0.2) is 53.4 Å². The summed E-state index contributed by atoms with van der Waals surface area (Å²) in [5.41, 5.74) is 1.65. The lowest BCUT2D eigenvalue weighted by Gasteiger charge is -2.15. The van der Waals surface area contributed by atoms with Crippen molar-refractivity contribution in [1.82, 2.24) is 24.9 Å². The van der Waals surface area contributed by atoms with Gasteiger partial charge in [-0.2, -0.15) is 5.10 Å². The molecule has 0 aliphatic carbocycles. The van der Waals surface area contributed by atoms with Gasteiger partial charge in [-0.3, -0.25) is 9.48 Å². The number of aliphatic hydroxyl groups excluding tert-OH is 2. The minimum atomic E-state index is -1.19. The highest BCUT2D eigenvalue weighted by molar-refractivity contribution is 5.67. The number of aliphatic hydroxyl groups is 2. The van der Waals surface area contributed by atoms with Crippen LogP contribution in [0.5, 0.6) is 0 Å². The summed E-state index contributed by atoms with van der Waals surface area (Å²) in [6.07, 6.45) is -0.309. The molecule has 0 saturated heterocycles. The van der Waals surface area contributed by atoms with Gasteiger partial charge in [0.15, 0.2) is 17.5 Å². The number of hydrogen-bond acceptors (Lipinski definition) is 9. The van der Waals surface area contributed by atoms with E-state index in [4.69, 9.17) is 9.63 Å². The van der Waals surface area contributed by atoms with Gasteiger partial charge in [-0.1, -0.05) is 23.4 Å². The van der Waals surface area contributed by atoms with Gasteiger partial charge in [0.2, 0.25) is 0 Å². The van der Waals surface area contributed by atoms with Crippen molar-refractivity contribution in [2.75, 3.05) is 11.9 Å². The van der Waals surface area contributed by atoms with Gasteiger partial charge >= 0.3 is 5.97 Å². The topological polar surface area (TPSA) is 159 Å². The molecule has 2 atom stereocenters. The number of benzene rings is 1. The Labute approximate surface area is 209 Å². The highest BCUT2D eigenvalue weighted by Gasteiger charge is 2.19. The number of hydrogen-bond donors (Lipinski definition) is 4. The van der Waals surface area contributed by atoms with E-state index in [0.29, 0.717) is 17.0 Å². The number of carboxylic acid groups (broad SMARTS) is 1. The van der Waals surface area contributed by atoms with Crippen molar-refractivity contribution >= 4 is 11.8 Å². The molecule has 0 spiro atoms. The van der Waals surface area contributed by atoms with Crippen molar-refractivity contribution in [1.29, 1.82) is 0 Å². The molecule has 4 rings (SSSR count). The van der Waals surface area contributed by atoms with Crippen LogP contribution in [-0.2, 0) is 11.3 Å². The summed E-state index contributed by atoms with van der Waals surface area (Å²) in [6.45, 7) is 0.188. The third-order valence-corrected chi connectivity index (χ3v) is 5.46. The first-order valence-corrected chi connectivity index (χ1v) is 11.4. The molecular weight excluding hydrogens is 490 g/mol. The second-order valence-corrected chi connectivity index (χ2v) is 8.30. The first-order chi connectivity index (χ1) is 17.8. The SMILES string of the molecule is O=C(O)CC(O)CC(O)CCNc1nc(-c2cc(-c3ccon3)n(Cc3ccccc3F)n2)ncc1F. The van der Waals surface area contributed by atoms with Gasteiger partial charge in [0.25, 0.3) is 0 Å². The number of aromatic nitrogens is 5. The van der Waals surface area contributed by atoms with E-state index < -0.39 is 36.2 Å². The second-order valence-electron chi connectivity index (χ2n) is 8.30. The third-order valence-electron chi connectivity index (χ3n) is 5.46. The minimum absolute atomic E-state index is 0.0901. The molecule has 4 aromatic rings. The van der Waals surface area contributed by atoms with E-state index in [1.165, 1.54) is 17.0 Å². The third kappa shape index (κ3) is 6.71. The van der Waals surface area contributed by atoms with Gasteiger partial charge in [-0.25, -0.2) is 18.7 Å². The van der Waals surface area contributed by atoms with Gasteiger partial charge in [-0.05, 0) is 25.0 Å². The van der Waals surface area contributed by atoms with Gasteiger partial charge in [0.05, 0.1) is 37.1 Å². The van der Waals surface area contributed by atoms with Crippen LogP contribution in [-0.4, -0.2) is 64.9 Å². The normalized spacial score (nSPS) is 12.9. The Morgan fingerprint density at radius 2 is 1.92 bits per heavy atom. The Hall–Kier alpha value is -4.23. The van der Waals surface area contributed by atoms with Crippen LogP contribution in [0, 0.1) is 11.6 Å². The number of aliphatic carboxylic acids is 1. The maximum atomic E-state index is 14.4. The summed E-state index contributed by atoms with van der Waals surface area (Å²) < 4.78 is 35.1. The zero-order valence-corrected chi connectivity index (χ0v) is 19.5. The molecule has 2 unspecified atom stereocenters. The molecule has 4 N–H and O–H groups in total. The smallest absolute Gasteiger partial charge is 0.305 e. The van der Waals surface area contributed by atoms with Gasteiger partial charge < -0.3 is 25.2 Å². The zero-order valence-electron chi connectivity index (χ0n) is 19.5. The van der Waals surface area contributed by atoms with Crippen molar-refractivity contribution < 1.29 is 33.4 Å². The first-order valence-electron chi connectivity index (χ1n) is 11.4. The zero-order chi connectivity index (χ0) is 26.4. The summed E-state index contributed by atoms with van der Waals surface area (Å²) in [4.78, 5) is 18.9. The number of rotatable bonds is 12. The first kappa shape index (κ1) is 25.9. The number of nitrogens with one attached hydrogen (secondary N) is 1. The van der Waals surface area contributed by atoms with E-state index in [-0.39, 0.29) is 43.3 Å². The number of carboxylic acids is 1. The molecule has 1 aromatic carbocycles. The fourth-order valence-corrected chi connectivity index (χ4v) is 3.67. The molecule has 0 amide bonds. The largest absolute Gasteiger partial charge is 0.481 e. The van der Waals surface area contributed by atoms with Gasteiger partial charge in [-0.15, -0.1) is 0 Å². The number of carbonyl (C=O) groups is 1. The van der Waals surface area contributed by atoms with Crippen LogP contribution in [0.4, 0.5) is 14.6 Å². The lowest BCUT2D eigenvalue weighted by Crippen LogP contribution is -2.23. The highest BCUT2D eigenvalue weighted by Crippen LogP contribution is 2.26. The molecule has 3 heterocycles. The molecule has 37 heavy (non-hydrogen) atoms. The number of anilines is 1. The van der Waals surface area contributed by atoms with Crippen molar-refractivity contribution in [2.24, 2.45) is 0 Å². The predicted molar refractivity (Wildman–Crippen MR) is 126 cm³/mol. The van der Waals surface area contributed by atoms with Gasteiger partial charge in [0, 0.05) is 18.2 Å². The van der Waals surface area contributed by atoms with Crippen molar-refractivity contribution in [3.63, 3.8) is 0 Å². The fraction of sp³-hybridized carbons (Fsp3) is 0.292. The molecule has 0 aliphatic rings. The Morgan fingerprint density at radius 3 is 2.65 bits per heavy atom. The standard InChI is InChI=1S/C24H24F2N6O5/c25-17-4-2-1-3-14(17)13-32-21(19-6-8-37-31-19)11-20(30-32)24-28-12-18(26)23(29-24)27-7-5-15(33)9-16(34)10-22(35)36/h1-4,6,8,11-12,15-16,33-34H,5,7,9-10,13H2,(H,35,36)(H,27,28,29). The average Bonchev–Trinajstić information content (AvgIpc) is 3.51. The maximum absolute atomic E-state index is 14.4. The average molecular weight is 514 g/mol. The molecule has 3 aromatic heterocycles. The summed E-state index contributed by atoms with van der Waals surface area (Å²) in [6, 6.07) is 9.53. The Morgan fingerprint density at radius 1 is 1.11 bits per heavy atom. The van der Waals surface area contributed by atoms with Crippen LogP contribution >= 0.6 is 0 Å². The molecule has 13 heteroatoms. The second kappa shape index (κ2) is 11.7. The number of nitrogens with zero attached hydrogens (tertiary/aromatic N) is 5. The summed E-state index contributed by atoms with van der Waals surface area (Å²) in [5.74, 6) is -2.33. The highest BCUT2D eigenvalue weighted by atomic mass is 19.1. The number of halogens is 2. The van der Waals surface area contributed by atoms with Crippen LogP contribution in [0.1, 0.15) is 24.8 Å². The minimum Gasteiger partial charge on any atom is -0.481 e. The molecule has 11 nitrogen and oxygen atoms in total. The Balaban J connectivity index is 1.51. The quantitative estimate of drug-likeness (QED) is 0.221. The van der Waals surface area contributed by atoms with Gasteiger partial charge in [0.1, 0.15) is 23.5 Å². The maximum Gasteiger partial charge on any atom is 0.305 e. The molecular formula is C24H24F2N6O5. The molecule has 0 radical (unpaired) electrons.